The minimum Gasteiger partial charge on any atom is -0.398 e. The Morgan fingerprint density at radius 1 is 1.19 bits per heavy atom. The topological polar surface area (TPSA) is 66.6 Å². The SMILES string of the molecule is CCCN(CCN(C)C)S(=O)(=O)c1cc(N)c(C)c(Cl)c1. The van der Waals surface area contributed by atoms with Crippen LogP contribution in [0.2, 0.25) is 5.02 Å². The number of hydrogen-bond acceptors (Lipinski definition) is 4. The van der Waals surface area contributed by atoms with Gasteiger partial charge in [0.25, 0.3) is 0 Å². The molecule has 0 atom stereocenters. The highest BCUT2D eigenvalue weighted by atomic mass is 35.5. The molecule has 0 heterocycles. The first kappa shape index (κ1) is 18.2. The molecule has 1 rings (SSSR count). The predicted molar refractivity (Wildman–Crippen MR) is 88.2 cm³/mol. The highest BCUT2D eigenvalue weighted by Crippen LogP contribution is 2.27. The van der Waals surface area contributed by atoms with Crippen molar-refractivity contribution in [2.24, 2.45) is 0 Å². The molecule has 120 valence electrons. The van der Waals surface area contributed by atoms with E-state index < -0.39 is 10.0 Å². The van der Waals surface area contributed by atoms with Gasteiger partial charge in [-0.3, -0.25) is 0 Å². The van der Waals surface area contributed by atoms with Crippen LogP contribution in [-0.2, 0) is 10.0 Å². The van der Waals surface area contributed by atoms with Gasteiger partial charge in [0.2, 0.25) is 10.0 Å². The van der Waals surface area contributed by atoms with Crippen LogP contribution in [0.5, 0.6) is 0 Å². The maximum Gasteiger partial charge on any atom is 0.243 e. The highest BCUT2D eigenvalue weighted by Gasteiger charge is 2.25. The molecule has 1 aromatic rings. The lowest BCUT2D eigenvalue weighted by atomic mass is 10.2. The van der Waals surface area contributed by atoms with Crippen LogP contribution in [0.25, 0.3) is 0 Å². The summed E-state index contributed by atoms with van der Waals surface area (Å²) in [5.74, 6) is 0. The summed E-state index contributed by atoms with van der Waals surface area (Å²) in [5.41, 5.74) is 6.93. The van der Waals surface area contributed by atoms with E-state index in [-0.39, 0.29) is 4.90 Å². The molecule has 1 aromatic carbocycles. The average molecular weight is 334 g/mol. The van der Waals surface area contributed by atoms with Gasteiger partial charge in [0.15, 0.2) is 0 Å². The van der Waals surface area contributed by atoms with Crippen molar-refractivity contribution in [1.29, 1.82) is 0 Å². The van der Waals surface area contributed by atoms with Crippen molar-refractivity contribution in [2.75, 3.05) is 39.5 Å². The van der Waals surface area contributed by atoms with Crippen molar-refractivity contribution >= 4 is 27.3 Å². The van der Waals surface area contributed by atoms with Crippen LogP contribution >= 0.6 is 11.6 Å². The number of likely N-dealkylation sites (N-methyl/N-ethyl adjacent to an activating group) is 1. The molecule has 2 N–H and O–H groups in total. The first-order chi connectivity index (χ1) is 9.70. The van der Waals surface area contributed by atoms with Gasteiger partial charge in [-0.1, -0.05) is 18.5 Å². The summed E-state index contributed by atoms with van der Waals surface area (Å²) in [7, 11) is 0.250. The van der Waals surface area contributed by atoms with Gasteiger partial charge in [-0.15, -0.1) is 0 Å². The number of rotatable bonds is 7. The summed E-state index contributed by atoms with van der Waals surface area (Å²) in [6, 6.07) is 2.95. The Labute approximate surface area is 132 Å². The zero-order chi connectivity index (χ0) is 16.2. The quantitative estimate of drug-likeness (QED) is 0.777. The fourth-order valence-corrected chi connectivity index (χ4v) is 3.76. The molecule has 0 aromatic heterocycles. The summed E-state index contributed by atoms with van der Waals surface area (Å²) in [6.07, 6.45) is 0.752. The molecule has 0 amide bonds. The summed E-state index contributed by atoms with van der Waals surface area (Å²) >= 11 is 6.06. The molecule has 0 bridgehead atoms. The lowest BCUT2D eigenvalue weighted by molar-refractivity contribution is 0.333. The molecule has 0 aliphatic carbocycles. The normalized spacial score (nSPS) is 12.3. The van der Waals surface area contributed by atoms with E-state index in [1.807, 2.05) is 25.9 Å². The zero-order valence-electron chi connectivity index (χ0n) is 13.1. The second-order valence-electron chi connectivity index (χ2n) is 5.33. The average Bonchev–Trinajstić information content (AvgIpc) is 2.39. The van der Waals surface area contributed by atoms with E-state index in [9.17, 15) is 8.42 Å². The third kappa shape index (κ3) is 4.57. The molecule has 0 radical (unpaired) electrons. The second kappa shape index (κ2) is 7.45. The summed E-state index contributed by atoms with van der Waals surface area (Å²) in [6.45, 7) is 5.29. The third-order valence-electron chi connectivity index (χ3n) is 3.27. The number of benzene rings is 1. The second-order valence-corrected chi connectivity index (χ2v) is 7.67. The molecule has 0 aliphatic rings. The van der Waals surface area contributed by atoms with Crippen molar-refractivity contribution in [2.45, 2.75) is 25.2 Å². The van der Waals surface area contributed by atoms with Crippen molar-refractivity contribution < 1.29 is 8.42 Å². The number of sulfonamides is 1. The number of nitrogens with two attached hydrogens (primary N) is 1. The van der Waals surface area contributed by atoms with Crippen molar-refractivity contribution in [3.05, 3.63) is 22.7 Å². The molecule has 7 heteroatoms. The highest BCUT2D eigenvalue weighted by molar-refractivity contribution is 7.89. The Morgan fingerprint density at radius 2 is 1.81 bits per heavy atom. The predicted octanol–water partition coefficient (Wildman–Crippen LogP) is 2.19. The van der Waals surface area contributed by atoms with E-state index >= 15 is 0 Å². The number of hydrogen-bond donors (Lipinski definition) is 1. The number of halogens is 1. The van der Waals surface area contributed by atoms with E-state index in [4.69, 9.17) is 17.3 Å². The Bertz CT molecular complexity index is 565. The van der Waals surface area contributed by atoms with Gasteiger partial charge in [-0.05, 0) is 45.1 Å². The summed E-state index contributed by atoms with van der Waals surface area (Å²) < 4.78 is 27.0. The molecule has 0 saturated heterocycles. The van der Waals surface area contributed by atoms with Gasteiger partial charge in [-0.2, -0.15) is 4.31 Å². The molecular weight excluding hydrogens is 310 g/mol. The lowest BCUT2D eigenvalue weighted by Crippen LogP contribution is -2.37. The van der Waals surface area contributed by atoms with E-state index in [1.165, 1.54) is 16.4 Å². The van der Waals surface area contributed by atoms with Crippen LogP contribution in [0.1, 0.15) is 18.9 Å². The number of anilines is 1. The molecule has 0 unspecified atom stereocenters. The molecule has 5 nitrogen and oxygen atoms in total. The minimum absolute atomic E-state index is 0.155. The Balaban J connectivity index is 3.16. The third-order valence-corrected chi connectivity index (χ3v) is 5.53. The Kier molecular flexibility index (Phi) is 6.46. The fourth-order valence-electron chi connectivity index (χ4n) is 1.89. The smallest absolute Gasteiger partial charge is 0.243 e. The van der Waals surface area contributed by atoms with Gasteiger partial charge in [0, 0.05) is 30.3 Å². The van der Waals surface area contributed by atoms with Crippen LogP contribution in [0.4, 0.5) is 5.69 Å². The van der Waals surface area contributed by atoms with E-state index in [1.54, 1.807) is 6.92 Å². The van der Waals surface area contributed by atoms with Crippen molar-refractivity contribution in [3.63, 3.8) is 0 Å². The monoisotopic (exact) mass is 333 g/mol. The standard InChI is InChI=1S/C14H24ClN3O2S/c1-5-6-18(8-7-17(3)4)21(19,20)12-9-13(15)11(2)14(16)10-12/h9-10H,5-8,16H2,1-4H3. The number of nitrogen functional groups attached to an aromatic ring is 1. The maximum atomic E-state index is 12.7. The molecule has 21 heavy (non-hydrogen) atoms. The Hall–Kier alpha value is -0.820. The maximum absolute atomic E-state index is 12.7. The van der Waals surface area contributed by atoms with E-state index in [2.05, 4.69) is 0 Å². The van der Waals surface area contributed by atoms with Gasteiger partial charge in [0.1, 0.15) is 0 Å². The molecule has 0 aliphatic heterocycles. The van der Waals surface area contributed by atoms with Crippen LogP contribution < -0.4 is 5.73 Å². The first-order valence-electron chi connectivity index (χ1n) is 6.90. The van der Waals surface area contributed by atoms with Gasteiger partial charge in [0.05, 0.1) is 4.90 Å². The van der Waals surface area contributed by atoms with Crippen LogP contribution in [-0.4, -0.2) is 51.4 Å². The van der Waals surface area contributed by atoms with Crippen LogP contribution in [0, 0.1) is 6.92 Å². The van der Waals surface area contributed by atoms with Crippen LogP contribution in [0.15, 0.2) is 17.0 Å². The van der Waals surface area contributed by atoms with E-state index in [0.717, 1.165) is 6.42 Å². The van der Waals surface area contributed by atoms with Crippen molar-refractivity contribution in [3.8, 4) is 0 Å². The first-order valence-corrected chi connectivity index (χ1v) is 8.72. The molecule has 0 fully saturated rings. The largest absolute Gasteiger partial charge is 0.398 e. The molecule has 0 spiro atoms. The Morgan fingerprint density at radius 3 is 2.29 bits per heavy atom. The summed E-state index contributed by atoms with van der Waals surface area (Å²) in [5, 5.41) is 0.373. The van der Waals surface area contributed by atoms with Gasteiger partial charge < -0.3 is 10.6 Å². The molecular formula is C14H24ClN3O2S. The zero-order valence-corrected chi connectivity index (χ0v) is 14.6. The minimum atomic E-state index is -3.58. The lowest BCUT2D eigenvalue weighted by Gasteiger charge is -2.24. The number of nitrogens with zero attached hydrogens (tertiary/aromatic N) is 2. The molecule has 0 saturated carbocycles. The fraction of sp³-hybridized carbons (Fsp3) is 0.571. The van der Waals surface area contributed by atoms with Crippen LogP contribution in [0.3, 0.4) is 0 Å². The van der Waals surface area contributed by atoms with Gasteiger partial charge in [-0.25, -0.2) is 8.42 Å². The van der Waals surface area contributed by atoms with Gasteiger partial charge >= 0.3 is 0 Å². The summed E-state index contributed by atoms with van der Waals surface area (Å²) in [4.78, 5) is 2.11. The van der Waals surface area contributed by atoms with Crippen molar-refractivity contribution in [1.82, 2.24) is 9.21 Å². The van der Waals surface area contributed by atoms with E-state index in [0.29, 0.717) is 35.9 Å².